The molecule has 4 atom stereocenters. The summed E-state index contributed by atoms with van der Waals surface area (Å²) < 4.78 is 29.7. The van der Waals surface area contributed by atoms with Crippen molar-refractivity contribution < 1.29 is 32.7 Å². The smallest absolute Gasteiger partial charge is 0.362 e. The number of amides is 3. The number of halogens is 1. The molecule has 0 bridgehead atoms. The highest BCUT2D eigenvalue weighted by Gasteiger charge is 2.45. The van der Waals surface area contributed by atoms with Gasteiger partial charge in [-0.05, 0) is 60.8 Å². The predicted octanol–water partition coefficient (Wildman–Crippen LogP) is 6.42. The highest BCUT2D eigenvalue weighted by Crippen LogP contribution is 2.47. The first kappa shape index (κ1) is 44.7. The minimum Gasteiger partial charge on any atom is -0.497 e. The van der Waals surface area contributed by atoms with Crippen molar-refractivity contribution in [2.24, 2.45) is 0 Å². The van der Waals surface area contributed by atoms with E-state index in [2.05, 4.69) is 50.3 Å². The van der Waals surface area contributed by atoms with Crippen molar-refractivity contribution in [1.29, 1.82) is 0 Å². The first-order chi connectivity index (χ1) is 30.0. The Bertz CT molecular complexity index is 2370. The molecule has 2 fully saturated rings. The minimum atomic E-state index is -3.66. The van der Waals surface area contributed by atoms with Crippen LogP contribution in [0.5, 0.6) is 5.75 Å². The molecule has 4 aromatic rings. The molecular weight excluding hydrogens is 831 g/mol. The van der Waals surface area contributed by atoms with Crippen molar-refractivity contribution in [3.05, 3.63) is 101 Å². The average molecular weight is 883 g/mol. The number of ether oxygens (including phenoxy) is 1. The summed E-state index contributed by atoms with van der Waals surface area (Å²) in [7, 11) is 0.621. The van der Waals surface area contributed by atoms with Crippen LogP contribution in [0.15, 0.2) is 79.0 Å². The summed E-state index contributed by atoms with van der Waals surface area (Å²) in [5.74, 6) is 7.01. The Balaban J connectivity index is 1.29. The zero-order valence-electron chi connectivity index (χ0n) is 35.2. The first-order valence-electron chi connectivity index (χ1n) is 20.8. The van der Waals surface area contributed by atoms with E-state index in [4.69, 9.17) is 30.4 Å². The van der Waals surface area contributed by atoms with Crippen LogP contribution in [0.25, 0.3) is 0 Å². The lowest BCUT2D eigenvalue weighted by Gasteiger charge is -2.47. The van der Waals surface area contributed by atoms with Gasteiger partial charge in [0.1, 0.15) is 22.5 Å². The highest BCUT2D eigenvalue weighted by atomic mass is 35.5. The third-order valence-corrected chi connectivity index (χ3v) is 13.8. The number of imide groups is 1. The van der Waals surface area contributed by atoms with E-state index >= 15 is 0 Å². The summed E-state index contributed by atoms with van der Waals surface area (Å²) in [6, 6.07) is 20.5. The number of methoxy groups -OCH3 is 1. The van der Waals surface area contributed by atoms with Gasteiger partial charge in [-0.15, -0.1) is 0 Å². The van der Waals surface area contributed by atoms with Crippen molar-refractivity contribution in [3.63, 3.8) is 0 Å². The van der Waals surface area contributed by atoms with E-state index in [1.165, 1.54) is 20.4 Å². The number of piperidine rings is 2. The number of carbonyl (C=O) groups is 3. The molecule has 4 heterocycles. The molecule has 2 saturated heterocycles. The van der Waals surface area contributed by atoms with Crippen LogP contribution in [-0.2, 0) is 23.2 Å². The Morgan fingerprint density at radius 1 is 0.984 bits per heavy atom. The lowest BCUT2D eigenvalue weighted by molar-refractivity contribution is -0.135. The van der Waals surface area contributed by atoms with Crippen molar-refractivity contribution in [3.8, 4) is 17.6 Å². The van der Waals surface area contributed by atoms with Gasteiger partial charge in [-0.2, -0.15) is 4.98 Å². The number of hydrogen-bond donors (Lipinski definition) is 5. The summed E-state index contributed by atoms with van der Waals surface area (Å²) in [6.07, 6.45) is 5.64. The van der Waals surface area contributed by atoms with Crippen LogP contribution in [0.4, 0.5) is 17.5 Å². The maximum absolute atomic E-state index is 14.0. The molecule has 17 heteroatoms. The lowest BCUT2D eigenvalue weighted by atomic mass is 9.80. The van der Waals surface area contributed by atoms with Crippen molar-refractivity contribution in [2.45, 2.75) is 81.6 Å². The van der Waals surface area contributed by atoms with Gasteiger partial charge in [0.25, 0.3) is 5.91 Å². The predicted molar refractivity (Wildman–Crippen MR) is 238 cm³/mol. The number of nitrogens with one attached hydrogen (secondary N) is 5. The van der Waals surface area contributed by atoms with Crippen molar-refractivity contribution in [2.75, 3.05) is 45.1 Å². The third-order valence-electron chi connectivity index (χ3n) is 11.6. The minimum absolute atomic E-state index is 0.00694. The second kappa shape index (κ2) is 19.8. The fraction of sp³-hybridized carbons (Fsp3) is 0.400. The second-order valence-corrected chi connectivity index (χ2v) is 18.1. The summed E-state index contributed by atoms with van der Waals surface area (Å²) in [5, 5.41) is 17.4. The van der Waals surface area contributed by atoms with Crippen LogP contribution >= 0.6 is 19.2 Å². The van der Waals surface area contributed by atoms with Crippen LogP contribution in [0.1, 0.15) is 85.3 Å². The molecular formula is C45H52ClN8O7P. The number of benzene rings is 3. The van der Waals surface area contributed by atoms with Gasteiger partial charge in [-0.3, -0.25) is 29.6 Å². The van der Waals surface area contributed by atoms with Gasteiger partial charge in [0.15, 0.2) is 5.82 Å². The molecule has 3 aliphatic rings. The number of para-hydroxylation sites is 1. The molecule has 3 aromatic carbocycles. The number of aromatic nitrogens is 2. The van der Waals surface area contributed by atoms with E-state index in [-0.39, 0.29) is 41.5 Å². The van der Waals surface area contributed by atoms with Crippen LogP contribution in [0.3, 0.4) is 0 Å². The molecule has 1 aromatic heterocycles. The van der Waals surface area contributed by atoms with E-state index in [0.717, 1.165) is 36.1 Å². The van der Waals surface area contributed by atoms with Crippen LogP contribution < -0.4 is 36.6 Å². The lowest BCUT2D eigenvalue weighted by Crippen LogP contribution is -2.64. The number of nitrogens with zero attached hydrogens (tertiary/aromatic N) is 3. The zero-order valence-corrected chi connectivity index (χ0v) is 36.9. The number of fused-ring (bicyclic) bond motifs is 1. The number of carbonyl (C=O) groups excluding carboxylic acids is 3. The van der Waals surface area contributed by atoms with E-state index in [1.807, 2.05) is 36.4 Å². The van der Waals surface area contributed by atoms with Crippen molar-refractivity contribution in [1.82, 2.24) is 30.8 Å². The summed E-state index contributed by atoms with van der Waals surface area (Å²) in [6.45, 7) is 3.38. The molecule has 15 nitrogen and oxygen atoms in total. The number of unbranched alkanes of at least 4 members (excludes halogenated alkanes) is 2. The van der Waals surface area contributed by atoms with Crippen LogP contribution in [-0.4, -0.2) is 84.8 Å². The fourth-order valence-corrected chi connectivity index (χ4v) is 9.87. The van der Waals surface area contributed by atoms with E-state index in [9.17, 15) is 18.9 Å². The monoisotopic (exact) mass is 882 g/mol. The maximum atomic E-state index is 14.0. The van der Waals surface area contributed by atoms with Gasteiger partial charge < -0.3 is 34.6 Å². The Hall–Kier alpha value is -5.33. The summed E-state index contributed by atoms with van der Waals surface area (Å²) >= 11 is 6.73. The quantitative estimate of drug-likeness (QED) is 0.0273. The molecule has 62 heavy (non-hydrogen) atoms. The van der Waals surface area contributed by atoms with E-state index in [0.29, 0.717) is 42.5 Å². The van der Waals surface area contributed by atoms with Gasteiger partial charge in [0, 0.05) is 45.1 Å². The van der Waals surface area contributed by atoms with Gasteiger partial charge in [0.2, 0.25) is 17.8 Å². The summed E-state index contributed by atoms with van der Waals surface area (Å²) in [4.78, 5) is 50.3. The molecule has 0 radical (unpaired) electrons. The van der Waals surface area contributed by atoms with Gasteiger partial charge in [-0.25, -0.2) is 4.98 Å². The van der Waals surface area contributed by atoms with Gasteiger partial charge in [0.05, 0.1) is 36.4 Å². The summed E-state index contributed by atoms with van der Waals surface area (Å²) in [5.41, 5.74) is 1.81. The molecule has 3 amide bonds. The number of hydrogen-bond acceptors (Lipinski definition) is 13. The Labute approximate surface area is 367 Å². The number of anilines is 3. The molecule has 326 valence electrons. The van der Waals surface area contributed by atoms with E-state index < -0.39 is 43.2 Å². The topological polar surface area (TPSA) is 185 Å². The Morgan fingerprint density at radius 3 is 2.44 bits per heavy atom. The second-order valence-electron chi connectivity index (χ2n) is 15.5. The Kier molecular flexibility index (Phi) is 14.3. The third kappa shape index (κ3) is 9.66. The zero-order chi connectivity index (χ0) is 43.9. The first-order valence-corrected chi connectivity index (χ1v) is 22.7. The normalized spacial score (nSPS) is 20.8. The highest BCUT2D eigenvalue weighted by molar-refractivity contribution is 7.62. The standard InChI is InChI=1S/C45H52ClN8O7P/c1-5-6-7-12-30(19-22-38-33-13-8-9-14-34(33)43(57)54(38)31-25-40(55)50-41(56)26-31)52-45(23-24-47-27-35(45)29-17-20-32(59-2)21-18-29)53-44-48-28-36(46)42(51-44)49-37-15-10-11-16-39(37)62(58,60-3)61-4/h8-11,13-18,20-21,28,30-31,35,38,47,52H,5-7,12,23-27H2,1-4H3,(H,50,55,56)(H2,48,49,51,53). The largest absolute Gasteiger partial charge is 0.497 e. The van der Waals surface area contributed by atoms with Gasteiger partial charge in [-0.1, -0.05) is 92.1 Å². The van der Waals surface area contributed by atoms with Crippen molar-refractivity contribution >= 4 is 59.7 Å². The SMILES string of the molecule is CCCCCC(C#CC1c2ccccc2C(=O)N1C1CC(=O)NC(=O)C1)NC1(Nc2ncc(Cl)c(Nc3ccccc3P(=O)(OC)OC)n2)CCNCC1c1ccc(OC)cc1. The molecule has 0 spiro atoms. The fourth-order valence-electron chi connectivity index (χ4n) is 8.49. The average Bonchev–Trinajstić information content (AvgIpc) is 3.57. The Morgan fingerprint density at radius 2 is 1.71 bits per heavy atom. The van der Waals surface area contributed by atoms with Gasteiger partial charge >= 0.3 is 7.60 Å². The molecule has 5 N–H and O–H groups in total. The molecule has 4 unspecified atom stereocenters. The molecule has 3 aliphatic heterocycles. The number of rotatable bonds is 16. The molecule has 0 aliphatic carbocycles. The van der Waals surface area contributed by atoms with Crippen LogP contribution in [0.2, 0.25) is 5.02 Å². The maximum Gasteiger partial charge on any atom is 0.362 e. The van der Waals surface area contributed by atoms with Crippen LogP contribution in [0, 0.1) is 11.8 Å². The van der Waals surface area contributed by atoms with E-state index in [1.54, 1.807) is 48.4 Å². The molecule has 7 rings (SSSR count). The molecule has 0 saturated carbocycles.